The summed E-state index contributed by atoms with van der Waals surface area (Å²) in [4.78, 5) is 24.5. The van der Waals surface area contributed by atoms with Crippen molar-refractivity contribution in [3.63, 3.8) is 0 Å². The van der Waals surface area contributed by atoms with Crippen molar-refractivity contribution in [2.24, 2.45) is 5.41 Å². The highest BCUT2D eigenvalue weighted by Gasteiger charge is 2.49. The standard InChI is InChI=1S/C26H26ClF3N2O5/c1-25(2,3)26(29,30)20-12-19(31-36-20)24-22(13-4-5-13)23(32-37-24)15(10-21(34)35)9-17(33)8-14-6-7-16(27)11-18(14)28/h6-7,11-13,15H,4-5,8-10H2,1-3H3,(H,34,35)/t15-/m0/s1. The van der Waals surface area contributed by atoms with Gasteiger partial charge in [-0.05, 0) is 36.5 Å². The summed E-state index contributed by atoms with van der Waals surface area (Å²) in [6.07, 6.45) is 0.609. The molecule has 1 N–H and O–H groups in total. The lowest BCUT2D eigenvalue weighted by atomic mass is 9.86. The van der Waals surface area contributed by atoms with E-state index in [1.54, 1.807) is 0 Å². The van der Waals surface area contributed by atoms with E-state index >= 15 is 0 Å². The number of aromatic nitrogens is 2. The van der Waals surface area contributed by atoms with Crippen molar-refractivity contribution < 1.29 is 36.9 Å². The maximum atomic E-state index is 14.8. The summed E-state index contributed by atoms with van der Waals surface area (Å²) in [6, 6.07) is 5.07. The van der Waals surface area contributed by atoms with Crippen LogP contribution < -0.4 is 0 Å². The van der Waals surface area contributed by atoms with Crippen molar-refractivity contribution in [3.8, 4) is 11.5 Å². The zero-order valence-electron chi connectivity index (χ0n) is 20.5. The number of benzene rings is 1. The quantitative estimate of drug-likeness (QED) is 0.299. The number of nitrogens with zero attached hydrogens (tertiary/aromatic N) is 2. The second kappa shape index (κ2) is 9.96. The van der Waals surface area contributed by atoms with Crippen LogP contribution >= 0.6 is 11.6 Å². The van der Waals surface area contributed by atoms with Crippen molar-refractivity contribution in [2.75, 3.05) is 0 Å². The summed E-state index contributed by atoms with van der Waals surface area (Å²) >= 11 is 5.77. The van der Waals surface area contributed by atoms with E-state index in [9.17, 15) is 27.9 Å². The molecule has 3 aromatic rings. The Labute approximate surface area is 215 Å². The fourth-order valence-corrected chi connectivity index (χ4v) is 4.31. The van der Waals surface area contributed by atoms with E-state index in [0.717, 1.165) is 25.0 Å². The second-order valence-electron chi connectivity index (χ2n) is 10.4. The molecule has 0 amide bonds. The number of hydrogen-bond donors (Lipinski definition) is 1. The minimum absolute atomic E-state index is 0.0169. The van der Waals surface area contributed by atoms with Gasteiger partial charge in [0.1, 0.15) is 11.6 Å². The van der Waals surface area contributed by atoms with Crippen molar-refractivity contribution in [2.45, 2.75) is 70.6 Å². The number of rotatable bonds is 10. The summed E-state index contributed by atoms with van der Waals surface area (Å²) in [5.74, 6) is -6.92. The van der Waals surface area contributed by atoms with E-state index in [-0.39, 0.29) is 46.5 Å². The number of carboxylic acid groups (broad SMARTS) is 1. The van der Waals surface area contributed by atoms with Gasteiger partial charge in [0, 0.05) is 40.8 Å². The Morgan fingerprint density at radius 1 is 1.14 bits per heavy atom. The van der Waals surface area contributed by atoms with E-state index in [1.165, 1.54) is 32.9 Å². The van der Waals surface area contributed by atoms with Gasteiger partial charge >= 0.3 is 11.9 Å². The molecule has 0 radical (unpaired) electrons. The van der Waals surface area contributed by atoms with Gasteiger partial charge in [0.15, 0.2) is 11.5 Å². The predicted octanol–water partition coefficient (Wildman–Crippen LogP) is 6.90. The average Bonchev–Trinajstić information content (AvgIpc) is 3.32. The Hall–Kier alpha value is -3.14. The first-order chi connectivity index (χ1) is 17.3. The Balaban J connectivity index is 1.64. The number of carboxylic acids is 1. The Morgan fingerprint density at radius 2 is 1.84 bits per heavy atom. The Morgan fingerprint density at radius 3 is 2.43 bits per heavy atom. The molecule has 1 aliphatic carbocycles. The first kappa shape index (κ1) is 26.9. The van der Waals surface area contributed by atoms with Gasteiger partial charge in [-0.25, -0.2) is 4.39 Å². The number of carbonyl (C=O) groups is 2. The molecular formula is C26H26ClF3N2O5. The van der Waals surface area contributed by atoms with Gasteiger partial charge in [0.25, 0.3) is 0 Å². The normalized spacial score (nSPS) is 15.1. The van der Waals surface area contributed by atoms with Crippen molar-refractivity contribution in [1.82, 2.24) is 10.3 Å². The monoisotopic (exact) mass is 538 g/mol. The first-order valence-electron chi connectivity index (χ1n) is 11.8. The molecule has 11 heteroatoms. The lowest BCUT2D eigenvalue weighted by Gasteiger charge is -2.27. The predicted molar refractivity (Wildman–Crippen MR) is 127 cm³/mol. The van der Waals surface area contributed by atoms with Crippen LogP contribution in [0.1, 0.15) is 80.9 Å². The van der Waals surface area contributed by atoms with E-state index in [1.807, 2.05) is 0 Å². The van der Waals surface area contributed by atoms with E-state index < -0.39 is 47.0 Å². The van der Waals surface area contributed by atoms with Gasteiger partial charge in [0.2, 0.25) is 5.76 Å². The zero-order chi connectivity index (χ0) is 27.1. The molecule has 7 nitrogen and oxygen atoms in total. The molecule has 1 atom stereocenters. The van der Waals surface area contributed by atoms with Crippen LogP contribution in [0.25, 0.3) is 11.5 Å². The topological polar surface area (TPSA) is 106 Å². The van der Waals surface area contributed by atoms with E-state index in [0.29, 0.717) is 5.56 Å². The fourth-order valence-electron chi connectivity index (χ4n) is 4.16. The van der Waals surface area contributed by atoms with Crippen molar-refractivity contribution >= 4 is 23.4 Å². The minimum atomic E-state index is -3.31. The molecule has 0 saturated heterocycles. The third-order valence-corrected chi connectivity index (χ3v) is 6.66. The van der Waals surface area contributed by atoms with Crippen LogP contribution in [0.15, 0.2) is 33.3 Å². The largest absolute Gasteiger partial charge is 0.481 e. The summed E-state index contributed by atoms with van der Waals surface area (Å²) in [7, 11) is 0. The van der Waals surface area contributed by atoms with Gasteiger partial charge < -0.3 is 14.2 Å². The number of Topliss-reactive ketones (excluding diaryl/α,β-unsaturated/α-hetero) is 1. The Bertz CT molecular complexity index is 1320. The molecular weight excluding hydrogens is 513 g/mol. The first-order valence-corrected chi connectivity index (χ1v) is 12.2. The fraction of sp³-hybridized carbons (Fsp3) is 0.462. The summed E-state index contributed by atoms with van der Waals surface area (Å²) in [5.41, 5.74) is -0.468. The molecule has 37 heavy (non-hydrogen) atoms. The number of carbonyl (C=O) groups excluding carboxylic acids is 1. The molecule has 1 fully saturated rings. The van der Waals surface area contributed by atoms with Gasteiger partial charge in [-0.15, -0.1) is 0 Å². The Kier molecular flexibility index (Phi) is 7.25. The summed E-state index contributed by atoms with van der Waals surface area (Å²) in [6.45, 7) is 4.13. The molecule has 0 unspecified atom stereocenters. The lowest BCUT2D eigenvalue weighted by molar-refractivity contribution is -0.137. The summed E-state index contributed by atoms with van der Waals surface area (Å²) < 4.78 is 54.2. The van der Waals surface area contributed by atoms with E-state index in [2.05, 4.69) is 10.3 Å². The highest BCUT2D eigenvalue weighted by Crippen LogP contribution is 2.50. The molecule has 4 rings (SSSR count). The smallest absolute Gasteiger partial charge is 0.312 e. The van der Waals surface area contributed by atoms with E-state index in [4.69, 9.17) is 20.6 Å². The van der Waals surface area contributed by atoms with Gasteiger partial charge in [-0.2, -0.15) is 8.78 Å². The molecule has 1 aromatic carbocycles. The van der Waals surface area contributed by atoms with Crippen LogP contribution in [0.5, 0.6) is 0 Å². The molecule has 1 saturated carbocycles. The third kappa shape index (κ3) is 5.74. The van der Waals surface area contributed by atoms with Gasteiger partial charge in [-0.3, -0.25) is 9.59 Å². The minimum Gasteiger partial charge on any atom is -0.481 e. The average molecular weight is 539 g/mol. The number of hydrogen-bond acceptors (Lipinski definition) is 6. The van der Waals surface area contributed by atoms with Gasteiger partial charge in [-0.1, -0.05) is 48.8 Å². The van der Waals surface area contributed by atoms with Crippen LogP contribution in [0.4, 0.5) is 13.2 Å². The van der Waals surface area contributed by atoms with Crippen LogP contribution in [-0.4, -0.2) is 27.2 Å². The van der Waals surface area contributed by atoms with Crippen LogP contribution in [0.3, 0.4) is 0 Å². The highest BCUT2D eigenvalue weighted by molar-refractivity contribution is 6.30. The molecule has 0 bridgehead atoms. The molecule has 2 heterocycles. The highest BCUT2D eigenvalue weighted by atomic mass is 35.5. The maximum absolute atomic E-state index is 14.8. The number of ketones is 1. The number of alkyl halides is 2. The van der Waals surface area contributed by atoms with Gasteiger partial charge in [0.05, 0.1) is 12.1 Å². The maximum Gasteiger partial charge on any atom is 0.312 e. The number of aliphatic carboxylic acids is 1. The molecule has 0 spiro atoms. The third-order valence-electron chi connectivity index (χ3n) is 6.42. The molecule has 198 valence electrons. The van der Waals surface area contributed by atoms with Crippen molar-refractivity contribution in [1.29, 1.82) is 0 Å². The molecule has 2 aromatic heterocycles. The molecule has 1 aliphatic rings. The zero-order valence-corrected chi connectivity index (χ0v) is 21.2. The number of halogens is 4. The van der Waals surface area contributed by atoms with Crippen LogP contribution in [-0.2, 0) is 21.9 Å². The van der Waals surface area contributed by atoms with Crippen LogP contribution in [0.2, 0.25) is 5.02 Å². The summed E-state index contributed by atoms with van der Waals surface area (Å²) in [5, 5.41) is 17.5. The SMILES string of the molecule is CC(C)(C)C(F)(F)c1cc(-c2onc([C@H](CC(=O)O)CC(=O)Cc3ccc(Cl)cc3F)c2C2CC2)no1. The second-order valence-corrected chi connectivity index (χ2v) is 10.9. The van der Waals surface area contributed by atoms with Crippen LogP contribution in [0, 0.1) is 11.2 Å². The van der Waals surface area contributed by atoms with Crippen molar-refractivity contribution in [3.05, 3.63) is 57.7 Å². The molecule has 0 aliphatic heterocycles. The lowest BCUT2D eigenvalue weighted by Crippen LogP contribution is -2.30.